The number of carbonyl (C=O) groups is 1. The summed E-state index contributed by atoms with van der Waals surface area (Å²) >= 11 is 0. The van der Waals surface area contributed by atoms with E-state index < -0.39 is 23.3 Å². The van der Waals surface area contributed by atoms with Gasteiger partial charge in [0.2, 0.25) is 0 Å². The van der Waals surface area contributed by atoms with Crippen LogP contribution >= 0.6 is 0 Å². The smallest absolute Gasteiger partial charge is 0.416 e. The van der Waals surface area contributed by atoms with Crippen molar-refractivity contribution in [2.75, 3.05) is 5.32 Å². The van der Waals surface area contributed by atoms with E-state index in [9.17, 15) is 27.9 Å². The number of anilines is 1. The molecule has 0 aliphatic carbocycles. The molecular weight excluding hydrogens is 349 g/mol. The Kier molecular flexibility index (Phi) is 4.19. The first-order chi connectivity index (χ1) is 12.2. The highest BCUT2D eigenvalue weighted by atomic mass is 19.4. The number of rotatable bonds is 1. The van der Waals surface area contributed by atoms with Crippen molar-refractivity contribution in [1.29, 1.82) is 0 Å². The summed E-state index contributed by atoms with van der Waals surface area (Å²) in [7, 11) is 0. The summed E-state index contributed by atoms with van der Waals surface area (Å²) in [6.45, 7) is 1.69. The van der Waals surface area contributed by atoms with E-state index in [2.05, 4.69) is 5.32 Å². The number of amides is 1. The lowest BCUT2D eigenvalue weighted by Crippen LogP contribution is -2.31. The molecule has 0 unspecified atom stereocenters. The molecule has 8 heteroatoms. The number of nitrogens with one attached hydrogen (secondary N) is 1. The van der Waals surface area contributed by atoms with Gasteiger partial charge in [-0.3, -0.25) is 4.79 Å². The van der Waals surface area contributed by atoms with Crippen molar-refractivity contribution in [1.82, 2.24) is 4.57 Å². The number of phenolic OH excluding ortho intramolecular Hbond substituents is 1. The predicted octanol–water partition coefficient (Wildman–Crippen LogP) is 4.11. The van der Waals surface area contributed by atoms with Gasteiger partial charge >= 0.3 is 12.2 Å². The number of alkyl halides is 3. The monoisotopic (exact) mass is 362 g/mol. The largest absolute Gasteiger partial charge is 0.508 e. The number of hydrogen-bond acceptors (Lipinski definition) is 3. The summed E-state index contributed by atoms with van der Waals surface area (Å²) in [6.07, 6.45) is -4.48. The van der Waals surface area contributed by atoms with Crippen LogP contribution in [-0.4, -0.2) is 15.7 Å². The number of benzene rings is 2. The summed E-state index contributed by atoms with van der Waals surface area (Å²) < 4.78 is 38.6. The molecule has 0 saturated carbocycles. The summed E-state index contributed by atoms with van der Waals surface area (Å²) in [5.41, 5.74) is -0.546. The van der Waals surface area contributed by atoms with Crippen molar-refractivity contribution in [3.05, 3.63) is 70.0 Å². The lowest BCUT2D eigenvalue weighted by Gasteiger charge is -2.13. The number of nitrogens with zero attached hydrogens (tertiary/aromatic N) is 1. The van der Waals surface area contributed by atoms with Crippen molar-refractivity contribution >= 4 is 22.6 Å². The van der Waals surface area contributed by atoms with Crippen molar-refractivity contribution in [2.24, 2.45) is 0 Å². The number of aromatic nitrogens is 1. The molecule has 26 heavy (non-hydrogen) atoms. The van der Waals surface area contributed by atoms with Crippen LogP contribution in [0.15, 0.2) is 53.3 Å². The van der Waals surface area contributed by atoms with Gasteiger partial charge in [-0.25, -0.2) is 9.36 Å². The van der Waals surface area contributed by atoms with Crippen LogP contribution in [0.25, 0.3) is 10.9 Å². The van der Waals surface area contributed by atoms with Gasteiger partial charge in [0, 0.05) is 23.2 Å². The fraction of sp³-hybridized carbons (Fsp3) is 0.111. The molecule has 0 bridgehead atoms. The van der Waals surface area contributed by atoms with Crippen LogP contribution in [0.1, 0.15) is 11.1 Å². The number of fused-ring (bicyclic) bond motifs is 1. The van der Waals surface area contributed by atoms with Gasteiger partial charge in [0.15, 0.2) is 0 Å². The minimum atomic E-state index is -4.48. The van der Waals surface area contributed by atoms with Gasteiger partial charge in [0.25, 0.3) is 5.56 Å². The third-order valence-corrected chi connectivity index (χ3v) is 3.87. The van der Waals surface area contributed by atoms with E-state index in [0.29, 0.717) is 10.9 Å². The van der Waals surface area contributed by atoms with Gasteiger partial charge in [0.05, 0.1) is 11.1 Å². The minimum Gasteiger partial charge on any atom is -0.508 e. The molecule has 2 N–H and O–H groups in total. The highest BCUT2D eigenvalue weighted by molar-refractivity contribution is 5.98. The Balaban J connectivity index is 2.01. The Morgan fingerprint density at radius 2 is 1.73 bits per heavy atom. The normalized spacial score (nSPS) is 11.5. The van der Waals surface area contributed by atoms with Gasteiger partial charge in [-0.15, -0.1) is 0 Å². The van der Waals surface area contributed by atoms with Gasteiger partial charge < -0.3 is 10.4 Å². The maximum absolute atomic E-state index is 12.6. The Morgan fingerprint density at radius 3 is 2.35 bits per heavy atom. The molecule has 0 aliphatic rings. The number of aromatic hydroxyl groups is 1. The second-order valence-corrected chi connectivity index (χ2v) is 5.71. The third-order valence-electron chi connectivity index (χ3n) is 3.87. The van der Waals surface area contributed by atoms with Crippen molar-refractivity contribution in [3.8, 4) is 5.75 Å². The van der Waals surface area contributed by atoms with E-state index in [4.69, 9.17) is 0 Å². The minimum absolute atomic E-state index is 0.101. The molecule has 1 heterocycles. The van der Waals surface area contributed by atoms with Crippen molar-refractivity contribution in [3.63, 3.8) is 0 Å². The maximum Gasteiger partial charge on any atom is 0.416 e. The number of halogens is 3. The van der Waals surface area contributed by atoms with Gasteiger partial charge in [0.1, 0.15) is 5.75 Å². The average Bonchev–Trinajstić information content (AvgIpc) is 2.54. The first kappa shape index (κ1) is 17.5. The van der Waals surface area contributed by atoms with Gasteiger partial charge in [-0.05, 0) is 48.9 Å². The van der Waals surface area contributed by atoms with Crippen LogP contribution in [0.3, 0.4) is 0 Å². The molecule has 3 rings (SSSR count). The molecule has 0 atom stereocenters. The summed E-state index contributed by atoms with van der Waals surface area (Å²) in [4.78, 5) is 24.8. The fourth-order valence-corrected chi connectivity index (χ4v) is 2.62. The molecule has 0 aliphatic heterocycles. The fourth-order valence-electron chi connectivity index (χ4n) is 2.62. The highest BCUT2D eigenvalue weighted by Crippen LogP contribution is 2.30. The van der Waals surface area contributed by atoms with Crippen LogP contribution in [0.2, 0.25) is 0 Å². The van der Waals surface area contributed by atoms with E-state index in [1.165, 1.54) is 18.2 Å². The Morgan fingerprint density at radius 1 is 1.08 bits per heavy atom. The molecule has 0 fully saturated rings. The SMILES string of the molecule is Cc1cc(=O)n(C(=O)Nc2ccc(C(F)(F)F)cc2)c2cc(O)ccc12. The van der Waals surface area contributed by atoms with Crippen LogP contribution in [0, 0.1) is 6.92 Å². The topological polar surface area (TPSA) is 71.3 Å². The molecule has 3 aromatic rings. The van der Waals surface area contributed by atoms with Crippen LogP contribution < -0.4 is 10.9 Å². The van der Waals surface area contributed by atoms with Crippen molar-refractivity contribution in [2.45, 2.75) is 13.1 Å². The number of aryl methyl sites for hydroxylation is 1. The Labute approximate surface area is 145 Å². The van der Waals surface area contributed by atoms with E-state index in [1.807, 2.05) is 0 Å². The standard InChI is InChI=1S/C18H13F3N2O3/c1-10-8-16(25)23(15-9-13(24)6-7-14(10)15)17(26)22-12-4-2-11(3-5-12)18(19,20)21/h2-9,24H,1H3,(H,22,26). The van der Waals surface area contributed by atoms with Crippen LogP contribution in [-0.2, 0) is 6.18 Å². The van der Waals surface area contributed by atoms with Gasteiger partial charge in [-0.2, -0.15) is 13.2 Å². The zero-order chi connectivity index (χ0) is 19.1. The zero-order valence-electron chi connectivity index (χ0n) is 13.5. The number of pyridine rings is 1. The van der Waals surface area contributed by atoms with Gasteiger partial charge in [-0.1, -0.05) is 0 Å². The molecule has 2 aromatic carbocycles. The van der Waals surface area contributed by atoms with Crippen LogP contribution in [0.5, 0.6) is 5.75 Å². The average molecular weight is 362 g/mol. The molecule has 0 spiro atoms. The number of phenols is 1. The van der Waals surface area contributed by atoms with E-state index >= 15 is 0 Å². The lowest BCUT2D eigenvalue weighted by molar-refractivity contribution is -0.137. The summed E-state index contributed by atoms with van der Waals surface area (Å²) in [5.74, 6) is -0.126. The van der Waals surface area contributed by atoms with E-state index in [1.54, 1.807) is 13.0 Å². The summed E-state index contributed by atoms with van der Waals surface area (Å²) in [5, 5.41) is 12.6. The quantitative estimate of drug-likeness (QED) is 0.684. The third kappa shape index (κ3) is 3.26. The first-order valence-electron chi connectivity index (χ1n) is 7.51. The molecule has 1 aromatic heterocycles. The number of carbonyl (C=O) groups excluding carboxylic acids is 1. The number of hydrogen-bond donors (Lipinski definition) is 2. The van der Waals surface area contributed by atoms with E-state index in [0.717, 1.165) is 28.8 Å². The first-order valence-corrected chi connectivity index (χ1v) is 7.51. The maximum atomic E-state index is 12.6. The second kappa shape index (κ2) is 6.21. The zero-order valence-corrected chi connectivity index (χ0v) is 13.5. The van der Waals surface area contributed by atoms with E-state index in [-0.39, 0.29) is 17.0 Å². The molecule has 0 saturated heterocycles. The van der Waals surface area contributed by atoms with Crippen LogP contribution in [0.4, 0.5) is 23.7 Å². The molecule has 1 amide bonds. The molecule has 5 nitrogen and oxygen atoms in total. The summed E-state index contributed by atoms with van der Waals surface area (Å²) in [6, 6.07) is 8.56. The Hall–Kier alpha value is -3.29. The molecular formula is C18H13F3N2O3. The Bertz CT molecular complexity index is 1050. The van der Waals surface area contributed by atoms with Crippen molar-refractivity contribution < 1.29 is 23.1 Å². The lowest BCUT2D eigenvalue weighted by atomic mass is 10.1. The molecule has 0 radical (unpaired) electrons. The molecule has 134 valence electrons. The second-order valence-electron chi connectivity index (χ2n) is 5.71. The highest BCUT2D eigenvalue weighted by Gasteiger charge is 2.30. The predicted molar refractivity (Wildman–Crippen MR) is 90.5 cm³/mol.